The number of carbonyl (C=O) groups excluding carboxylic acids is 1. The van der Waals surface area contributed by atoms with Gasteiger partial charge < -0.3 is 10.1 Å². The number of carbonyl (C=O) groups is 1. The number of nitrogens with one attached hydrogen (secondary N) is 1. The molecule has 1 heterocycles. The third kappa shape index (κ3) is 4.55. The number of rotatable bonds is 8. The van der Waals surface area contributed by atoms with E-state index in [2.05, 4.69) is 15.3 Å². The fourth-order valence-electron chi connectivity index (χ4n) is 2.99. The summed E-state index contributed by atoms with van der Waals surface area (Å²) >= 11 is 0. The molecule has 144 valence electrons. The van der Waals surface area contributed by atoms with E-state index in [9.17, 15) is 13.6 Å². The van der Waals surface area contributed by atoms with E-state index in [4.69, 9.17) is 4.74 Å². The van der Waals surface area contributed by atoms with Gasteiger partial charge >= 0.3 is 0 Å². The number of benzene rings is 2. The minimum atomic E-state index is -0.481. The van der Waals surface area contributed by atoms with Crippen LogP contribution < -0.4 is 5.32 Å². The molecule has 0 fully saturated rings. The Morgan fingerprint density at radius 1 is 1.11 bits per heavy atom. The van der Waals surface area contributed by atoms with Crippen LogP contribution in [0.1, 0.15) is 22.9 Å². The number of nitrogens with zero attached hydrogens (tertiary/aromatic N) is 2. The summed E-state index contributed by atoms with van der Waals surface area (Å²) in [5.41, 5.74) is 3.15. The number of hydrogen-bond acceptors (Lipinski definition) is 5. The molecule has 0 aliphatic carbocycles. The van der Waals surface area contributed by atoms with Crippen molar-refractivity contribution in [3.05, 3.63) is 83.3 Å². The summed E-state index contributed by atoms with van der Waals surface area (Å²) in [6.07, 6.45) is 1.42. The molecule has 1 unspecified atom stereocenters. The Morgan fingerprint density at radius 2 is 1.86 bits per heavy atom. The lowest BCUT2D eigenvalue weighted by Crippen LogP contribution is -2.27. The van der Waals surface area contributed by atoms with Crippen molar-refractivity contribution in [2.24, 2.45) is 0 Å². The van der Waals surface area contributed by atoms with E-state index in [-0.39, 0.29) is 24.8 Å². The van der Waals surface area contributed by atoms with Gasteiger partial charge in [-0.25, -0.2) is 18.7 Å². The van der Waals surface area contributed by atoms with Crippen LogP contribution in [0.4, 0.5) is 8.78 Å². The first-order valence-corrected chi connectivity index (χ1v) is 8.69. The Labute approximate surface area is 161 Å². The lowest BCUT2D eigenvalue weighted by atomic mass is 9.98. The van der Waals surface area contributed by atoms with Crippen molar-refractivity contribution in [2.75, 3.05) is 6.61 Å². The number of ether oxygens (including phenoxy) is 1. The highest BCUT2D eigenvalue weighted by Crippen LogP contribution is 2.29. The molecule has 5 nitrogen and oxygen atoms in total. The summed E-state index contributed by atoms with van der Waals surface area (Å²) < 4.78 is 32.3. The second-order valence-electron chi connectivity index (χ2n) is 6.18. The van der Waals surface area contributed by atoms with E-state index >= 15 is 0 Å². The molecule has 0 spiro atoms. The summed E-state index contributed by atoms with van der Waals surface area (Å²) in [6.45, 7) is 2.40. The molecule has 1 N–H and O–H groups in total. The van der Waals surface area contributed by atoms with Crippen molar-refractivity contribution >= 4 is 6.47 Å². The average Bonchev–Trinajstić information content (AvgIpc) is 2.70. The van der Waals surface area contributed by atoms with Crippen LogP contribution >= 0.6 is 0 Å². The second kappa shape index (κ2) is 9.14. The molecule has 0 saturated carbocycles. The topological polar surface area (TPSA) is 64.1 Å². The van der Waals surface area contributed by atoms with Gasteiger partial charge in [0.2, 0.25) is 0 Å². The molecular formula is C21H19F2N3O2. The van der Waals surface area contributed by atoms with Gasteiger partial charge in [0, 0.05) is 28.9 Å². The molecule has 0 aliphatic heterocycles. The van der Waals surface area contributed by atoms with Gasteiger partial charge in [-0.05, 0) is 37.3 Å². The number of halogens is 2. The standard InChI is InChI=1S/C21H19F2N3O2/c1-14-20(21(26-12-25-14)15-6-8-17(22)9-7-15)19(11-28-13-27)24-10-16-4-2-3-5-18(16)23/h2-9,12-13,19,24H,10-11H2,1H3. The molecule has 0 amide bonds. The van der Waals surface area contributed by atoms with Crippen LogP contribution in [0.15, 0.2) is 54.9 Å². The van der Waals surface area contributed by atoms with Crippen molar-refractivity contribution < 1.29 is 18.3 Å². The van der Waals surface area contributed by atoms with E-state index in [1.807, 2.05) is 6.92 Å². The highest BCUT2D eigenvalue weighted by atomic mass is 19.1. The molecule has 28 heavy (non-hydrogen) atoms. The third-order valence-corrected chi connectivity index (χ3v) is 4.38. The van der Waals surface area contributed by atoms with Gasteiger partial charge in [-0.1, -0.05) is 18.2 Å². The van der Waals surface area contributed by atoms with Crippen molar-refractivity contribution in [3.8, 4) is 11.3 Å². The summed E-state index contributed by atoms with van der Waals surface area (Å²) in [7, 11) is 0. The predicted octanol–water partition coefficient (Wildman–Crippen LogP) is 3.73. The molecule has 0 radical (unpaired) electrons. The van der Waals surface area contributed by atoms with Gasteiger partial charge in [-0.3, -0.25) is 4.79 Å². The fourth-order valence-corrected chi connectivity index (χ4v) is 2.99. The summed E-state index contributed by atoms with van der Waals surface area (Å²) in [4.78, 5) is 19.4. The SMILES string of the molecule is Cc1ncnc(-c2ccc(F)cc2)c1C(COC=O)NCc1ccccc1F. The molecule has 2 aromatic carbocycles. The summed E-state index contributed by atoms with van der Waals surface area (Å²) in [6, 6.07) is 11.9. The van der Waals surface area contributed by atoms with E-state index in [0.717, 1.165) is 0 Å². The third-order valence-electron chi connectivity index (χ3n) is 4.38. The van der Waals surface area contributed by atoms with E-state index < -0.39 is 6.04 Å². The largest absolute Gasteiger partial charge is 0.466 e. The monoisotopic (exact) mass is 383 g/mol. The average molecular weight is 383 g/mol. The predicted molar refractivity (Wildman–Crippen MR) is 100 cm³/mol. The maximum absolute atomic E-state index is 14.0. The van der Waals surface area contributed by atoms with Crippen molar-refractivity contribution in [2.45, 2.75) is 19.5 Å². The molecule has 1 aromatic heterocycles. The van der Waals surface area contributed by atoms with Crippen LogP contribution in [0.3, 0.4) is 0 Å². The first kappa shape index (κ1) is 19.6. The highest BCUT2D eigenvalue weighted by molar-refractivity contribution is 5.64. The number of aromatic nitrogens is 2. The highest BCUT2D eigenvalue weighted by Gasteiger charge is 2.21. The van der Waals surface area contributed by atoms with Crippen LogP contribution in [0.25, 0.3) is 11.3 Å². The minimum Gasteiger partial charge on any atom is -0.466 e. The molecule has 3 rings (SSSR count). The lowest BCUT2D eigenvalue weighted by Gasteiger charge is -2.22. The molecule has 1 atom stereocenters. The van der Waals surface area contributed by atoms with Crippen LogP contribution in [-0.4, -0.2) is 23.0 Å². The summed E-state index contributed by atoms with van der Waals surface area (Å²) in [5, 5.41) is 3.21. The minimum absolute atomic E-state index is 0.0142. The lowest BCUT2D eigenvalue weighted by molar-refractivity contribution is -0.129. The van der Waals surface area contributed by atoms with Crippen LogP contribution in [0, 0.1) is 18.6 Å². The molecule has 0 aliphatic rings. The molecule has 7 heteroatoms. The molecule has 0 saturated heterocycles. The van der Waals surface area contributed by atoms with E-state index in [1.165, 1.54) is 24.5 Å². The fraction of sp³-hybridized carbons (Fsp3) is 0.190. The first-order valence-electron chi connectivity index (χ1n) is 8.69. The second-order valence-corrected chi connectivity index (χ2v) is 6.18. The Bertz CT molecular complexity index is 949. The maximum Gasteiger partial charge on any atom is 0.293 e. The maximum atomic E-state index is 14.0. The van der Waals surface area contributed by atoms with Gasteiger partial charge in [0.05, 0.1) is 11.7 Å². The van der Waals surface area contributed by atoms with Crippen molar-refractivity contribution in [1.29, 1.82) is 0 Å². The molecule has 3 aromatic rings. The van der Waals surface area contributed by atoms with Crippen LogP contribution in [0.5, 0.6) is 0 Å². The van der Waals surface area contributed by atoms with Crippen molar-refractivity contribution in [3.63, 3.8) is 0 Å². The molecular weight excluding hydrogens is 364 g/mol. The van der Waals surface area contributed by atoms with Gasteiger partial charge in [0.15, 0.2) is 0 Å². The normalized spacial score (nSPS) is 11.8. The Balaban J connectivity index is 1.96. The van der Waals surface area contributed by atoms with Gasteiger partial charge in [0.25, 0.3) is 6.47 Å². The Hall–Kier alpha value is -3.19. The summed E-state index contributed by atoms with van der Waals surface area (Å²) in [5.74, 6) is -0.681. The van der Waals surface area contributed by atoms with E-state index in [0.29, 0.717) is 34.6 Å². The quantitative estimate of drug-likeness (QED) is 0.601. The number of hydrogen-bond donors (Lipinski definition) is 1. The van der Waals surface area contributed by atoms with Crippen LogP contribution in [0.2, 0.25) is 0 Å². The first-order chi connectivity index (χ1) is 13.6. The van der Waals surface area contributed by atoms with E-state index in [1.54, 1.807) is 30.3 Å². The van der Waals surface area contributed by atoms with Crippen LogP contribution in [-0.2, 0) is 16.1 Å². The van der Waals surface area contributed by atoms with Gasteiger partial charge in [-0.2, -0.15) is 0 Å². The zero-order chi connectivity index (χ0) is 19.9. The molecule has 0 bridgehead atoms. The van der Waals surface area contributed by atoms with Gasteiger partial charge in [-0.15, -0.1) is 0 Å². The van der Waals surface area contributed by atoms with Gasteiger partial charge in [0.1, 0.15) is 24.6 Å². The zero-order valence-corrected chi connectivity index (χ0v) is 15.2. The smallest absolute Gasteiger partial charge is 0.293 e. The Kier molecular flexibility index (Phi) is 6.39. The zero-order valence-electron chi connectivity index (χ0n) is 15.2. The Morgan fingerprint density at radius 3 is 2.57 bits per heavy atom. The number of aryl methyl sites for hydroxylation is 1. The van der Waals surface area contributed by atoms with Crippen molar-refractivity contribution in [1.82, 2.24) is 15.3 Å².